The van der Waals surface area contributed by atoms with Crippen LogP contribution < -0.4 is 10.5 Å². The highest BCUT2D eigenvalue weighted by atomic mass is 32.2. The molecule has 10 heteroatoms. The number of hydrogen-bond donors (Lipinski definition) is 2. The number of nitrogens with zero attached hydrogens (tertiary/aromatic N) is 3. The van der Waals surface area contributed by atoms with E-state index in [-0.39, 0.29) is 29.5 Å². The number of aromatic nitrogens is 2. The van der Waals surface area contributed by atoms with E-state index in [1.165, 1.54) is 25.0 Å². The zero-order chi connectivity index (χ0) is 15.1. The molecule has 1 atom stereocenters. The minimum absolute atomic E-state index is 0.109. The Morgan fingerprint density at radius 1 is 1.40 bits per heavy atom. The lowest BCUT2D eigenvalue weighted by Gasteiger charge is -2.27. The van der Waals surface area contributed by atoms with Crippen molar-refractivity contribution in [3.05, 3.63) is 6.20 Å². The molecule has 3 N–H and O–H groups in total. The Balaban J connectivity index is 2.23. The van der Waals surface area contributed by atoms with Gasteiger partial charge >= 0.3 is 0 Å². The number of nitrogen functional groups attached to an aromatic ring is 1. The summed E-state index contributed by atoms with van der Waals surface area (Å²) in [5.74, 6) is -1.05. The van der Waals surface area contributed by atoms with Crippen LogP contribution >= 0.6 is 0 Å². The number of rotatable bonds is 3. The van der Waals surface area contributed by atoms with Crippen molar-refractivity contribution in [1.82, 2.24) is 19.4 Å². The van der Waals surface area contributed by atoms with Gasteiger partial charge in [-0.15, -0.1) is 0 Å². The third-order valence-electron chi connectivity index (χ3n) is 3.06. The first-order valence-electron chi connectivity index (χ1n) is 5.84. The van der Waals surface area contributed by atoms with Crippen LogP contribution in [0, 0.1) is 0 Å². The Hall–Kier alpha value is -1.94. The van der Waals surface area contributed by atoms with Gasteiger partial charge in [-0.05, 0) is 6.42 Å². The van der Waals surface area contributed by atoms with E-state index in [4.69, 9.17) is 5.73 Å². The van der Waals surface area contributed by atoms with Crippen molar-refractivity contribution >= 4 is 27.7 Å². The van der Waals surface area contributed by atoms with E-state index in [1.54, 1.807) is 0 Å². The number of carbonyl (C=O) groups is 2. The van der Waals surface area contributed by atoms with Gasteiger partial charge < -0.3 is 5.73 Å². The molecular weight excluding hydrogens is 286 g/mol. The maximum Gasteiger partial charge on any atom is 0.247 e. The molecule has 1 unspecified atom stereocenters. The number of likely N-dealkylation sites (N-methyl/N-ethyl adjacent to an activating group) is 1. The largest absolute Gasteiger partial charge is 0.381 e. The van der Waals surface area contributed by atoms with Gasteiger partial charge in [0.1, 0.15) is 10.9 Å². The summed E-state index contributed by atoms with van der Waals surface area (Å²) in [5, 5.41) is 3.74. The van der Waals surface area contributed by atoms with Gasteiger partial charge in [0, 0.05) is 26.7 Å². The quantitative estimate of drug-likeness (QED) is 0.649. The number of aryl methyl sites for hydroxylation is 1. The molecule has 2 heterocycles. The summed E-state index contributed by atoms with van der Waals surface area (Å²) in [6, 6.07) is -0.970. The van der Waals surface area contributed by atoms with Gasteiger partial charge in [-0.25, -0.2) is 8.42 Å². The van der Waals surface area contributed by atoms with Crippen LogP contribution in [-0.2, 0) is 26.7 Å². The molecule has 0 radical (unpaired) electrons. The molecule has 1 aliphatic rings. The first kappa shape index (κ1) is 14.5. The molecule has 110 valence electrons. The Morgan fingerprint density at radius 2 is 2.05 bits per heavy atom. The zero-order valence-corrected chi connectivity index (χ0v) is 11.8. The number of nitrogens with two attached hydrogens (primary N) is 1. The van der Waals surface area contributed by atoms with E-state index < -0.39 is 22.0 Å². The molecule has 0 aliphatic carbocycles. The summed E-state index contributed by atoms with van der Waals surface area (Å²) in [5.41, 5.74) is 5.52. The van der Waals surface area contributed by atoms with Crippen molar-refractivity contribution in [3.8, 4) is 0 Å². The average molecular weight is 301 g/mol. The SMILES string of the molecule is CN1C(=O)CCC(NS(=O)(=O)c2cn(C)nc2N)C1=O. The van der Waals surface area contributed by atoms with Crippen molar-refractivity contribution in [2.24, 2.45) is 7.05 Å². The fourth-order valence-corrected chi connectivity index (χ4v) is 3.29. The van der Waals surface area contributed by atoms with Gasteiger partial charge in [-0.2, -0.15) is 9.82 Å². The van der Waals surface area contributed by atoms with Crippen LogP contribution in [0.1, 0.15) is 12.8 Å². The minimum atomic E-state index is -3.96. The number of sulfonamides is 1. The predicted octanol–water partition coefficient (Wildman–Crippen LogP) is -1.57. The van der Waals surface area contributed by atoms with Crippen LogP contribution in [0.3, 0.4) is 0 Å². The lowest BCUT2D eigenvalue weighted by atomic mass is 10.1. The monoisotopic (exact) mass is 301 g/mol. The molecule has 1 aliphatic heterocycles. The van der Waals surface area contributed by atoms with E-state index in [0.717, 1.165) is 4.90 Å². The van der Waals surface area contributed by atoms with Crippen LogP contribution in [0.5, 0.6) is 0 Å². The number of imide groups is 1. The fourth-order valence-electron chi connectivity index (χ4n) is 1.97. The van der Waals surface area contributed by atoms with Gasteiger partial charge in [0.15, 0.2) is 5.82 Å². The average Bonchev–Trinajstić information content (AvgIpc) is 2.70. The number of amides is 2. The van der Waals surface area contributed by atoms with E-state index in [9.17, 15) is 18.0 Å². The van der Waals surface area contributed by atoms with Crippen LogP contribution in [0.4, 0.5) is 5.82 Å². The second-order valence-corrected chi connectivity index (χ2v) is 6.24. The van der Waals surface area contributed by atoms with Crippen molar-refractivity contribution in [3.63, 3.8) is 0 Å². The highest BCUT2D eigenvalue weighted by Crippen LogP contribution is 2.18. The Morgan fingerprint density at radius 3 is 2.60 bits per heavy atom. The smallest absolute Gasteiger partial charge is 0.247 e. The Kier molecular flexibility index (Phi) is 3.52. The summed E-state index contributed by atoms with van der Waals surface area (Å²) in [4.78, 5) is 23.9. The van der Waals surface area contributed by atoms with Crippen LogP contribution in [0.15, 0.2) is 11.1 Å². The first-order chi connectivity index (χ1) is 9.22. The lowest BCUT2D eigenvalue weighted by Crippen LogP contribution is -2.52. The topological polar surface area (TPSA) is 127 Å². The van der Waals surface area contributed by atoms with E-state index in [0.29, 0.717) is 0 Å². The summed E-state index contributed by atoms with van der Waals surface area (Å²) >= 11 is 0. The molecule has 1 aromatic heterocycles. The molecule has 0 aromatic carbocycles. The number of piperidine rings is 1. The number of nitrogens with one attached hydrogen (secondary N) is 1. The molecule has 2 rings (SSSR count). The molecule has 9 nitrogen and oxygen atoms in total. The third-order valence-corrected chi connectivity index (χ3v) is 4.55. The van der Waals surface area contributed by atoms with Crippen molar-refractivity contribution < 1.29 is 18.0 Å². The van der Waals surface area contributed by atoms with E-state index in [1.807, 2.05) is 0 Å². The van der Waals surface area contributed by atoms with Crippen LogP contribution in [0.25, 0.3) is 0 Å². The molecule has 0 spiro atoms. The maximum absolute atomic E-state index is 12.2. The Bertz CT molecular complexity index is 665. The summed E-state index contributed by atoms with van der Waals surface area (Å²) in [6.45, 7) is 0. The predicted molar refractivity (Wildman–Crippen MR) is 68.7 cm³/mol. The van der Waals surface area contributed by atoms with Crippen LogP contribution in [0.2, 0.25) is 0 Å². The maximum atomic E-state index is 12.2. The van der Waals surface area contributed by atoms with Crippen LogP contribution in [-0.4, -0.2) is 48.0 Å². The second kappa shape index (κ2) is 4.87. The number of carbonyl (C=O) groups excluding carboxylic acids is 2. The highest BCUT2D eigenvalue weighted by Gasteiger charge is 2.35. The van der Waals surface area contributed by atoms with Gasteiger partial charge in [0.05, 0.1) is 0 Å². The molecule has 1 fully saturated rings. The second-order valence-electron chi connectivity index (χ2n) is 4.56. The molecular formula is C10H15N5O4S. The van der Waals surface area contributed by atoms with Gasteiger partial charge in [0.2, 0.25) is 21.8 Å². The number of likely N-dealkylation sites (tertiary alicyclic amines) is 1. The number of hydrogen-bond acceptors (Lipinski definition) is 6. The Labute approximate surface area is 115 Å². The summed E-state index contributed by atoms with van der Waals surface area (Å²) in [6.07, 6.45) is 1.49. The fraction of sp³-hybridized carbons (Fsp3) is 0.500. The van der Waals surface area contributed by atoms with Gasteiger partial charge in [-0.3, -0.25) is 19.2 Å². The molecule has 20 heavy (non-hydrogen) atoms. The van der Waals surface area contributed by atoms with Gasteiger partial charge in [0.25, 0.3) is 0 Å². The van der Waals surface area contributed by atoms with E-state index in [2.05, 4.69) is 9.82 Å². The molecule has 2 amide bonds. The normalized spacial score (nSPS) is 20.5. The van der Waals surface area contributed by atoms with Gasteiger partial charge in [-0.1, -0.05) is 0 Å². The van der Waals surface area contributed by atoms with E-state index >= 15 is 0 Å². The molecule has 1 saturated heterocycles. The molecule has 1 aromatic rings. The van der Waals surface area contributed by atoms with Crippen molar-refractivity contribution in [2.75, 3.05) is 12.8 Å². The minimum Gasteiger partial charge on any atom is -0.381 e. The molecule has 0 bridgehead atoms. The van der Waals surface area contributed by atoms with Crippen molar-refractivity contribution in [2.45, 2.75) is 23.8 Å². The number of anilines is 1. The third kappa shape index (κ3) is 2.51. The van der Waals surface area contributed by atoms with Crippen molar-refractivity contribution in [1.29, 1.82) is 0 Å². The summed E-state index contributed by atoms with van der Waals surface area (Å²) < 4.78 is 27.9. The lowest BCUT2D eigenvalue weighted by molar-refractivity contribution is -0.147. The zero-order valence-electron chi connectivity index (χ0n) is 11.0. The summed E-state index contributed by atoms with van der Waals surface area (Å²) in [7, 11) is -1.10. The highest BCUT2D eigenvalue weighted by molar-refractivity contribution is 7.89. The first-order valence-corrected chi connectivity index (χ1v) is 7.32. The standard InChI is InChI=1S/C10H15N5O4S/c1-14-5-7(9(11)12-14)20(18,19)13-6-3-4-8(16)15(2)10(6)17/h5-6,13H,3-4H2,1-2H3,(H2,11,12). The molecule has 0 saturated carbocycles.